The molecule has 0 saturated carbocycles. The summed E-state index contributed by atoms with van der Waals surface area (Å²) in [5, 5.41) is 6.81. The standard InChI is InChI=1S/C10H7FN2/c11-9-3-1-2-7-8(9)4-6-5-12-13-10(6)7/h1-3,5H,4H2,(H,12,13). The molecule has 0 fully saturated rings. The van der Waals surface area contributed by atoms with Crippen molar-refractivity contribution in [2.75, 3.05) is 0 Å². The van der Waals surface area contributed by atoms with Gasteiger partial charge in [0.15, 0.2) is 0 Å². The van der Waals surface area contributed by atoms with Crippen LogP contribution in [0.15, 0.2) is 24.4 Å². The molecule has 64 valence electrons. The average Bonchev–Trinajstić information content (AvgIpc) is 2.65. The summed E-state index contributed by atoms with van der Waals surface area (Å²) >= 11 is 0. The van der Waals surface area contributed by atoms with E-state index in [4.69, 9.17) is 0 Å². The second-order valence-electron chi connectivity index (χ2n) is 3.21. The highest BCUT2D eigenvalue weighted by Crippen LogP contribution is 2.35. The first kappa shape index (κ1) is 6.83. The molecular formula is C10H7FN2. The summed E-state index contributed by atoms with van der Waals surface area (Å²) in [5.74, 6) is -0.123. The summed E-state index contributed by atoms with van der Waals surface area (Å²) in [6.45, 7) is 0. The van der Waals surface area contributed by atoms with Crippen LogP contribution in [0.1, 0.15) is 11.1 Å². The maximum absolute atomic E-state index is 13.3. The molecule has 1 heterocycles. The smallest absolute Gasteiger partial charge is 0.127 e. The SMILES string of the molecule is Fc1cccc2c1Cc1cn[nH]c1-2. The van der Waals surface area contributed by atoms with Crippen molar-refractivity contribution in [3.8, 4) is 11.3 Å². The van der Waals surface area contributed by atoms with Gasteiger partial charge in [-0.1, -0.05) is 12.1 Å². The lowest BCUT2D eigenvalue weighted by Crippen LogP contribution is -1.87. The Morgan fingerprint density at radius 1 is 1.38 bits per heavy atom. The first-order chi connectivity index (χ1) is 6.36. The van der Waals surface area contributed by atoms with Gasteiger partial charge in [-0.3, -0.25) is 5.10 Å². The maximum Gasteiger partial charge on any atom is 0.127 e. The topological polar surface area (TPSA) is 28.7 Å². The minimum absolute atomic E-state index is 0.123. The molecule has 3 rings (SSSR count). The van der Waals surface area contributed by atoms with Crippen LogP contribution in [0.5, 0.6) is 0 Å². The highest BCUT2D eigenvalue weighted by atomic mass is 19.1. The Balaban J connectivity index is 2.34. The van der Waals surface area contributed by atoms with Gasteiger partial charge in [-0.2, -0.15) is 5.10 Å². The molecular weight excluding hydrogens is 167 g/mol. The third-order valence-electron chi connectivity index (χ3n) is 2.47. The van der Waals surface area contributed by atoms with E-state index in [1.165, 1.54) is 6.07 Å². The fourth-order valence-electron chi connectivity index (χ4n) is 1.84. The van der Waals surface area contributed by atoms with Gasteiger partial charge in [-0.15, -0.1) is 0 Å². The van der Waals surface area contributed by atoms with Crippen molar-refractivity contribution < 1.29 is 4.39 Å². The number of hydrogen-bond donors (Lipinski definition) is 1. The number of fused-ring (bicyclic) bond motifs is 3. The Hall–Kier alpha value is -1.64. The van der Waals surface area contributed by atoms with Crippen molar-refractivity contribution in [2.24, 2.45) is 0 Å². The molecule has 0 spiro atoms. The number of hydrogen-bond acceptors (Lipinski definition) is 1. The molecule has 1 N–H and O–H groups in total. The maximum atomic E-state index is 13.3. The van der Waals surface area contributed by atoms with Crippen molar-refractivity contribution in [1.29, 1.82) is 0 Å². The fraction of sp³-hybridized carbons (Fsp3) is 0.100. The van der Waals surface area contributed by atoms with Gasteiger partial charge < -0.3 is 0 Å². The Morgan fingerprint density at radius 2 is 2.31 bits per heavy atom. The van der Waals surface area contributed by atoms with Gasteiger partial charge in [0.05, 0.1) is 11.9 Å². The van der Waals surface area contributed by atoms with E-state index >= 15 is 0 Å². The Labute approximate surface area is 74.4 Å². The molecule has 3 heteroatoms. The minimum Gasteiger partial charge on any atom is -0.278 e. The third kappa shape index (κ3) is 0.786. The summed E-state index contributed by atoms with van der Waals surface area (Å²) in [4.78, 5) is 0. The van der Waals surface area contributed by atoms with Gasteiger partial charge in [0.2, 0.25) is 0 Å². The molecule has 13 heavy (non-hydrogen) atoms. The van der Waals surface area contributed by atoms with Crippen molar-refractivity contribution >= 4 is 0 Å². The van der Waals surface area contributed by atoms with Crippen LogP contribution >= 0.6 is 0 Å². The summed E-state index contributed by atoms with van der Waals surface area (Å²) in [6, 6.07) is 5.14. The van der Waals surface area contributed by atoms with Crippen LogP contribution in [0.25, 0.3) is 11.3 Å². The number of halogens is 1. The molecule has 0 aliphatic heterocycles. The molecule has 1 aromatic heterocycles. The molecule has 0 bridgehead atoms. The van der Waals surface area contributed by atoms with Gasteiger partial charge in [0, 0.05) is 23.1 Å². The van der Waals surface area contributed by atoms with Gasteiger partial charge >= 0.3 is 0 Å². The first-order valence-corrected chi connectivity index (χ1v) is 4.16. The zero-order valence-electron chi connectivity index (χ0n) is 6.84. The largest absolute Gasteiger partial charge is 0.278 e. The number of nitrogens with zero attached hydrogens (tertiary/aromatic N) is 1. The molecule has 1 aromatic carbocycles. The summed E-state index contributed by atoms with van der Waals surface area (Å²) in [7, 11) is 0. The second kappa shape index (κ2) is 2.19. The number of H-pyrrole nitrogens is 1. The van der Waals surface area contributed by atoms with Crippen molar-refractivity contribution in [3.63, 3.8) is 0 Å². The predicted octanol–water partition coefficient (Wildman–Crippen LogP) is 2.12. The van der Waals surface area contributed by atoms with E-state index in [1.54, 1.807) is 12.3 Å². The summed E-state index contributed by atoms with van der Waals surface area (Å²) < 4.78 is 13.3. The second-order valence-corrected chi connectivity index (χ2v) is 3.21. The normalized spacial score (nSPS) is 12.7. The lowest BCUT2D eigenvalue weighted by atomic mass is 10.1. The summed E-state index contributed by atoms with van der Waals surface area (Å²) in [6.07, 6.45) is 2.42. The molecule has 0 unspecified atom stereocenters. The number of benzene rings is 1. The molecule has 2 nitrogen and oxygen atoms in total. The van der Waals surface area contributed by atoms with E-state index in [1.807, 2.05) is 6.07 Å². The molecule has 1 aliphatic carbocycles. The van der Waals surface area contributed by atoms with Crippen LogP contribution in [0.4, 0.5) is 4.39 Å². The predicted molar refractivity (Wildman–Crippen MR) is 46.8 cm³/mol. The Kier molecular flexibility index (Phi) is 1.15. The molecule has 1 aliphatic rings. The van der Waals surface area contributed by atoms with Crippen molar-refractivity contribution in [2.45, 2.75) is 6.42 Å². The summed E-state index contributed by atoms with van der Waals surface area (Å²) in [5.41, 5.74) is 3.79. The lowest BCUT2D eigenvalue weighted by Gasteiger charge is -1.98. The van der Waals surface area contributed by atoms with E-state index in [2.05, 4.69) is 10.2 Å². The van der Waals surface area contributed by atoms with Gasteiger partial charge in [-0.25, -0.2) is 4.39 Å². The number of rotatable bonds is 0. The van der Waals surface area contributed by atoms with Crippen molar-refractivity contribution in [1.82, 2.24) is 10.2 Å². The molecule has 2 aromatic rings. The highest BCUT2D eigenvalue weighted by Gasteiger charge is 2.22. The van der Waals surface area contributed by atoms with E-state index < -0.39 is 0 Å². The number of aromatic nitrogens is 2. The molecule has 0 atom stereocenters. The van der Waals surface area contributed by atoms with Crippen LogP contribution in [0, 0.1) is 5.82 Å². The van der Waals surface area contributed by atoms with E-state index in [9.17, 15) is 4.39 Å². The van der Waals surface area contributed by atoms with E-state index in [-0.39, 0.29) is 5.82 Å². The van der Waals surface area contributed by atoms with Gasteiger partial charge in [0.25, 0.3) is 0 Å². The molecule has 0 amide bonds. The highest BCUT2D eigenvalue weighted by molar-refractivity contribution is 5.73. The van der Waals surface area contributed by atoms with Crippen LogP contribution in [-0.2, 0) is 6.42 Å². The minimum atomic E-state index is -0.123. The Bertz CT molecular complexity index is 474. The monoisotopic (exact) mass is 174 g/mol. The van der Waals surface area contributed by atoms with E-state index in [0.717, 1.165) is 22.4 Å². The molecule has 0 radical (unpaired) electrons. The third-order valence-corrected chi connectivity index (χ3v) is 2.47. The zero-order chi connectivity index (χ0) is 8.84. The van der Waals surface area contributed by atoms with Crippen LogP contribution in [0.2, 0.25) is 0 Å². The van der Waals surface area contributed by atoms with Crippen LogP contribution in [-0.4, -0.2) is 10.2 Å². The number of nitrogens with one attached hydrogen (secondary N) is 1. The molecule has 0 saturated heterocycles. The first-order valence-electron chi connectivity index (χ1n) is 4.16. The quantitative estimate of drug-likeness (QED) is 0.555. The van der Waals surface area contributed by atoms with Crippen LogP contribution in [0.3, 0.4) is 0 Å². The van der Waals surface area contributed by atoms with Gasteiger partial charge in [0.1, 0.15) is 5.82 Å². The Morgan fingerprint density at radius 3 is 3.23 bits per heavy atom. The van der Waals surface area contributed by atoms with Gasteiger partial charge in [-0.05, 0) is 6.07 Å². The van der Waals surface area contributed by atoms with Crippen molar-refractivity contribution in [3.05, 3.63) is 41.3 Å². The zero-order valence-corrected chi connectivity index (χ0v) is 6.84. The number of aromatic amines is 1. The average molecular weight is 174 g/mol. The van der Waals surface area contributed by atoms with Crippen LogP contribution < -0.4 is 0 Å². The van der Waals surface area contributed by atoms with E-state index in [0.29, 0.717) is 6.42 Å². The lowest BCUT2D eigenvalue weighted by molar-refractivity contribution is 0.616. The fourth-order valence-corrected chi connectivity index (χ4v) is 1.84.